The molecule has 5 heteroatoms. The van der Waals surface area contributed by atoms with E-state index in [0.717, 1.165) is 19.3 Å². The molecule has 0 spiro atoms. The molecule has 1 aromatic heterocycles. The van der Waals surface area contributed by atoms with Gasteiger partial charge in [0.25, 0.3) is 0 Å². The number of pyridine rings is 1. The lowest BCUT2D eigenvalue weighted by molar-refractivity contribution is -0.121. The highest BCUT2D eigenvalue weighted by Crippen LogP contribution is 2.22. The highest BCUT2D eigenvalue weighted by atomic mass is 16.4. The molecule has 1 fully saturated rings. The van der Waals surface area contributed by atoms with Crippen LogP contribution in [-0.2, 0) is 4.79 Å². The SMILES string of the molecule is O=C1CCCCC(c2cc(C(=O)O)ccn2)N1. The average molecular weight is 234 g/mol. The lowest BCUT2D eigenvalue weighted by Crippen LogP contribution is -2.26. The first-order valence-corrected chi connectivity index (χ1v) is 5.65. The summed E-state index contributed by atoms with van der Waals surface area (Å²) in [5.41, 5.74) is 0.827. The summed E-state index contributed by atoms with van der Waals surface area (Å²) in [4.78, 5) is 26.4. The molecule has 1 saturated heterocycles. The van der Waals surface area contributed by atoms with Gasteiger partial charge in [0.1, 0.15) is 0 Å². The van der Waals surface area contributed by atoms with Crippen LogP contribution in [0.5, 0.6) is 0 Å². The number of aromatic nitrogens is 1. The molecular weight excluding hydrogens is 220 g/mol. The summed E-state index contributed by atoms with van der Waals surface area (Å²) in [6.07, 6.45) is 4.64. The number of carbonyl (C=O) groups is 2. The Bertz CT molecular complexity index is 445. The second-order valence-corrected chi connectivity index (χ2v) is 4.14. The molecule has 1 aromatic rings. The highest BCUT2D eigenvalue weighted by Gasteiger charge is 2.19. The lowest BCUT2D eigenvalue weighted by Gasteiger charge is -2.15. The van der Waals surface area contributed by atoms with E-state index in [0.29, 0.717) is 12.1 Å². The van der Waals surface area contributed by atoms with E-state index in [1.807, 2.05) is 0 Å². The number of hydrogen-bond acceptors (Lipinski definition) is 3. The summed E-state index contributed by atoms with van der Waals surface area (Å²) in [5.74, 6) is -0.969. The largest absolute Gasteiger partial charge is 0.478 e. The fourth-order valence-electron chi connectivity index (χ4n) is 1.97. The van der Waals surface area contributed by atoms with Gasteiger partial charge < -0.3 is 10.4 Å². The third kappa shape index (κ3) is 2.81. The van der Waals surface area contributed by atoms with Crippen molar-refractivity contribution in [2.75, 3.05) is 0 Å². The van der Waals surface area contributed by atoms with Crippen molar-refractivity contribution in [3.8, 4) is 0 Å². The van der Waals surface area contributed by atoms with Crippen LogP contribution in [0.2, 0.25) is 0 Å². The van der Waals surface area contributed by atoms with Crippen LogP contribution >= 0.6 is 0 Å². The van der Waals surface area contributed by atoms with Gasteiger partial charge in [-0.15, -0.1) is 0 Å². The van der Waals surface area contributed by atoms with Crippen molar-refractivity contribution >= 4 is 11.9 Å². The minimum Gasteiger partial charge on any atom is -0.478 e. The van der Waals surface area contributed by atoms with Crippen molar-refractivity contribution in [3.05, 3.63) is 29.6 Å². The fraction of sp³-hybridized carbons (Fsp3) is 0.417. The summed E-state index contributed by atoms with van der Waals surface area (Å²) in [5, 5.41) is 11.8. The maximum Gasteiger partial charge on any atom is 0.335 e. The smallest absolute Gasteiger partial charge is 0.335 e. The van der Waals surface area contributed by atoms with Crippen molar-refractivity contribution in [2.45, 2.75) is 31.7 Å². The molecule has 2 heterocycles. The van der Waals surface area contributed by atoms with Gasteiger partial charge in [0.2, 0.25) is 5.91 Å². The monoisotopic (exact) mass is 234 g/mol. The first kappa shape index (κ1) is 11.6. The topological polar surface area (TPSA) is 79.3 Å². The minimum absolute atomic E-state index is 0.00929. The molecule has 0 bridgehead atoms. The van der Waals surface area contributed by atoms with Crippen LogP contribution in [0.4, 0.5) is 0 Å². The predicted octanol–water partition coefficient (Wildman–Crippen LogP) is 1.51. The van der Waals surface area contributed by atoms with Crippen LogP contribution in [0.3, 0.4) is 0 Å². The van der Waals surface area contributed by atoms with Crippen molar-refractivity contribution in [1.82, 2.24) is 10.3 Å². The summed E-state index contributed by atoms with van der Waals surface area (Å²) >= 11 is 0. The number of carboxylic acid groups (broad SMARTS) is 1. The van der Waals surface area contributed by atoms with Crippen LogP contribution in [-0.4, -0.2) is 22.0 Å². The first-order chi connectivity index (χ1) is 8.16. The maximum absolute atomic E-state index is 11.4. The quantitative estimate of drug-likeness (QED) is 0.812. The van der Waals surface area contributed by atoms with Gasteiger partial charge >= 0.3 is 5.97 Å². The molecule has 5 nitrogen and oxygen atoms in total. The van der Waals surface area contributed by atoms with E-state index in [-0.39, 0.29) is 17.5 Å². The van der Waals surface area contributed by atoms with Gasteiger partial charge in [0.15, 0.2) is 0 Å². The van der Waals surface area contributed by atoms with Gasteiger partial charge in [-0.3, -0.25) is 9.78 Å². The third-order valence-corrected chi connectivity index (χ3v) is 2.87. The molecule has 2 N–H and O–H groups in total. The van der Waals surface area contributed by atoms with Crippen molar-refractivity contribution in [3.63, 3.8) is 0 Å². The second-order valence-electron chi connectivity index (χ2n) is 4.14. The van der Waals surface area contributed by atoms with Gasteiger partial charge in [0, 0.05) is 12.6 Å². The van der Waals surface area contributed by atoms with Crippen LogP contribution < -0.4 is 5.32 Å². The zero-order chi connectivity index (χ0) is 12.3. The van der Waals surface area contributed by atoms with E-state index in [2.05, 4.69) is 10.3 Å². The number of rotatable bonds is 2. The number of carbonyl (C=O) groups excluding carboxylic acids is 1. The van der Waals surface area contributed by atoms with Crippen molar-refractivity contribution in [1.29, 1.82) is 0 Å². The van der Waals surface area contributed by atoms with Gasteiger partial charge in [-0.2, -0.15) is 0 Å². The number of aromatic carboxylic acids is 1. The Balaban J connectivity index is 2.23. The molecule has 1 aliphatic rings. The summed E-state index contributed by atoms with van der Waals surface area (Å²) in [6, 6.07) is 2.81. The molecule has 0 radical (unpaired) electrons. The van der Waals surface area contributed by atoms with E-state index in [9.17, 15) is 9.59 Å². The van der Waals surface area contributed by atoms with Gasteiger partial charge in [0.05, 0.1) is 17.3 Å². The summed E-state index contributed by atoms with van der Waals surface area (Å²) in [6.45, 7) is 0. The van der Waals surface area contributed by atoms with E-state index in [4.69, 9.17) is 5.11 Å². The molecule has 90 valence electrons. The van der Waals surface area contributed by atoms with E-state index in [1.54, 1.807) is 0 Å². The van der Waals surface area contributed by atoms with Crippen LogP contribution in [0, 0.1) is 0 Å². The Hall–Kier alpha value is -1.91. The normalized spacial score (nSPS) is 20.5. The second kappa shape index (κ2) is 4.95. The molecule has 0 aromatic carbocycles. The number of amides is 1. The number of nitrogens with zero attached hydrogens (tertiary/aromatic N) is 1. The standard InChI is InChI=1S/C12H14N2O3/c15-11-4-2-1-3-9(14-11)10-7-8(12(16)17)5-6-13-10/h5-7,9H,1-4H2,(H,14,15)(H,16,17). The Kier molecular flexibility index (Phi) is 3.37. The molecule has 1 unspecified atom stereocenters. The molecular formula is C12H14N2O3. The summed E-state index contributed by atoms with van der Waals surface area (Å²) in [7, 11) is 0. The van der Waals surface area contributed by atoms with E-state index >= 15 is 0 Å². The van der Waals surface area contributed by atoms with Crippen LogP contribution in [0.1, 0.15) is 47.8 Å². The highest BCUT2D eigenvalue weighted by molar-refractivity contribution is 5.87. The fourth-order valence-corrected chi connectivity index (χ4v) is 1.97. The first-order valence-electron chi connectivity index (χ1n) is 5.65. The van der Waals surface area contributed by atoms with Crippen molar-refractivity contribution in [2.24, 2.45) is 0 Å². The minimum atomic E-state index is -0.978. The van der Waals surface area contributed by atoms with E-state index in [1.165, 1.54) is 18.3 Å². The predicted molar refractivity (Wildman–Crippen MR) is 60.5 cm³/mol. The molecule has 1 amide bonds. The Labute approximate surface area is 98.9 Å². The van der Waals surface area contributed by atoms with Gasteiger partial charge in [-0.1, -0.05) is 6.42 Å². The van der Waals surface area contributed by atoms with Gasteiger partial charge in [-0.25, -0.2) is 4.79 Å². The van der Waals surface area contributed by atoms with Crippen LogP contribution in [0.15, 0.2) is 18.3 Å². The maximum atomic E-state index is 11.4. The third-order valence-electron chi connectivity index (χ3n) is 2.87. The summed E-state index contributed by atoms with van der Waals surface area (Å²) < 4.78 is 0. The van der Waals surface area contributed by atoms with Gasteiger partial charge in [-0.05, 0) is 25.0 Å². The molecule has 0 aliphatic carbocycles. The Morgan fingerprint density at radius 3 is 3.06 bits per heavy atom. The Morgan fingerprint density at radius 2 is 2.29 bits per heavy atom. The molecule has 0 saturated carbocycles. The van der Waals surface area contributed by atoms with Crippen LogP contribution in [0.25, 0.3) is 0 Å². The van der Waals surface area contributed by atoms with Crippen molar-refractivity contribution < 1.29 is 14.7 Å². The zero-order valence-electron chi connectivity index (χ0n) is 9.35. The molecule has 2 rings (SSSR count). The zero-order valence-corrected chi connectivity index (χ0v) is 9.35. The molecule has 1 atom stereocenters. The molecule has 17 heavy (non-hydrogen) atoms. The number of carboxylic acids is 1. The average Bonchev–Trinajstić information content (AvgIpc) is 2.54. The number of nitrogens with one attached hydrogen (secondary N) is 1. The number of hydrogen-bond donors (Lipinski definition) is 2. The Morgan fingerprint density at radius 1 is 1.47 bits per heavy atom. The van der Waals surface area contributed by atoms with E-state index < -0.39 is 5.97 Å². The lowest BCUT2D eigenvalue weighted by atomic mass is 10.1. The molecule has 1 aliphatic heterocycles.